The van der Waals surface area contributed by atoms with E-state index in [0.29, 0.717) is 39.9 Å². The molecule has 43 heavy (non-hydrogen) atoms. The Bertz CT molecular complexity index is 1560. The fraction of sp³-hybridized carbons (Fsp3) is 0.281. The lowest BCUT2D eigenvalue weighted by Gasteiger charge is -2.29. The summed E-state index contributed by atoms with van der Waals surface area (Å²) in [4.78, 5) is 42.4. The molecule has 11 nitrogen and oxygen atoms in total. The molecule has 0 bridgehead atoms. The molecule has 0 N–H and O–H groups in total. The predicted octanol–water partition coefficient (Wildman–Crippen LogP) is 4.48. The van der Waals surface area contributed by atoms with Crippen molar-refractivity contribution in [2.24, 2.45) is 5.92 Å². The normalized spacial score (nSPS) is 17.0. The van der Waals surface area contributed by atoms with Gasteiger partial charge < -0.3 is 33.2 Å². The molecule has 2 atom stereocenters. The monoisotopic (exact) mass is 591 g/mol. The van der Waals surface area contributed by atoms with E-state index < -0.39 is 29.8 Å². The SMILES string of the molecule is COC(=O)c1cc(OC)ccc1N1C(=O)/C(=C/c2ccc(OC)c(OC)c2)[C@@H](C(=O)OC)[C@@H]1c1ccc(OC)c(OC)c1. The summed E-state index contributed by atoms with van der Waals surface area (Å²) in [7, 11) is 9.96. The molecular weight excluding hydrogens is 558 g/mol. The lowest BCUT2D eigenvalue weighted by Crippen LogP contribution is -2.32. The highest BCUT2D eigenvalue weighted by atomic mass is 16.5. The van der Waals surface area contributed by atoms with E-state index in [-0.39, 0.29) is 16.8 Å². The summed E-state index contributed by atoms with van der Waals surface area (Å²) >= 11 is 0. The highest BCUT2D eigenvalue weighted by Crippen LogP contribution is 2.48. The van der Waals surface area contributed by atoms with Crippen molar-refractivity contribution in [3.05, 3.63) is 76.9 Å². The Kier molecular flexibility index (Phi) is 9.44. The van der Waals surface area contributed by atoms with Crippen molar-refractivity contribution in [3.63, 3.8) is 0 Å². The third kappa shape index (κ3) is 5.78. The Hall–Kier alpha value is -5.19. The average Bonchev–Trinajstić information content (AvgIpc) is 3.33. The van der Waals surface area contributed by atoms with Crippen molar-refractivity contribution in [2.75, 3.05) is 54.7 Å². The van der Waals surface area contributed by atoms with E-state index in [0.717, 1.165) is 0 Å². The van der Waals surface area contributed by atoms with Gasteiger partial charge in [-0.25, -0.2) is 4.79 Å². The number of carbonyl (C=O) groups excluding carboxylic acids is 3. The maximum absolute atomic E-state index is 14.5. The molecule has 4 rings (SSSR count). The predicted molar refractivity (Wildman–Crippen MR) is 157 cm³/mol. The molecule has 3 aromatic carbocycles. The van der Waals surface area contributed by atoms with Gasteiger partial charge in [-0.2, -0.15) is 0 Å². The van der Waals surface area contributed by atoms with Gasteiger partial charge >= 0.3 is 11.9 Å². The summed E-state index contributed by atoms with van der Waals surface area (Å²) in [6, 6.07) is 13.9. The first-order valence-electron chi connectivity index (χ1n) is 13.1. The molecule has 0 spiro atoms. The van der Waals surface area contributed by atoms with Crippen LogP contribution in [0.5, 0.6) is 28.7 Å². The first kappa shape index (κ1) is 30.8. The minimum absolute atomic E-state index is 0.0664. The van der Waals surface area contributed by atoms with E-state index in [1.54, 1.807) is 54.6 Å². The molecule has 0 radical (unpaired) electrons. The second kappa shape index (κ2) is 13.2. The Balaban J connectivity index is 2.03. The summed E-state index contributed by atoms with van der Waals surface area (Å²) in [6.45, 7) is 0. The molecule has 1 amide bonds. The van der Waals surface area contributed by atoms with Crippen LogP contribution in [0.4, 0.5) is 5.69 Å². The van der Waals surface area contributed by atoms with E-state index in [1.165, 1.54) is 60.7 Å². The van der Waals surface area contributed by atoms with Crippen LogP contribution in [-0.2, 0) is 19.1 Å². The topological polar surface area (TPSA) is 119 Å². The van der Waals surface area contributed by atoms with Crippen LogP contribution in [-0.4, -0.2) is 67.6 Å². The summed E-state index contributed by atoms with van der Waals surface area (Å²) in [5.41, 5.74) is 1.51. The summed E-state index contributed by atoms with van der Waals surface area (Å²) in [6.07, 6.45) is 1.60. The zero-order valence-corrected chi connectivity index (χ0v) is 25.0. The van der Waals surface area contributed by atoms with Gasteiger partial charge in [-0.1, -0.05) is 12.1 Å². The zero-order valence-electron chi connectivity index (χ0n) is 25.0. The second-order valence-electron chi connectivity index (χ2n) is 9.32. The molecule has 0 saturated carbocycles. The third-order valence-electron chi connectivity index (χ3n) is 7.20. The molecule has 0 unspecified atom stereocenters. The fourth-order valence-corrected chi connectivity index (χ4v) is 5.14. The number of rotatable bonds is 10. The first-order valence-corrected chi connectivity index (χ1v) is 13.1. The molecule has 1 aliphatic rings. The van der Waals surface area contributed by atoms with Crippen molar-refractivity contribution in [1.82, 2.24) is 0 Å². The molecule has 1 saturated heterocycles. The van der Waals surface area contributed by atoms with Crippen LogP contribution in [0, 0.1) is 5.92 Å². The quantitative estimate of drug-likeness (QED) is 0.247. The van der Waals surface area contributed by atoms with E-state index in [1.807, 2.05) is 0 Å². The van der Waals surface area contributed by atoms with Crippen molar-refractivity contribution in [1.29, 1.82) is 0 Å². The Morgan fingerprint density at radius 1 is 0.698 bits per heavy atom. The fourth-order valence-electron chi connectivity index (χ4n) is 5.14. The number of amides is 1. The van der Waals surface area contributed by atoms with E-state index in [4.69, 9.17) is 33.2 Å². The van der Waals surface area contributed by atoms with Crippen molar-refractivity contribution >= 4 is 29.6 Å². The summed E-state index contributed by atoms with van der Waals surface area (Å²) in [5, 5.41) is 0. The number of hydrogen-bond acceptors (Lipinski definition) is 10. The number of ether oxygens (including phenoxy) is 7. The molecule has 0 aliphatic carbocycles. The summed E-state index contributed by atoms with van der Waals surface area (Å²) in [5.74, 6) is -0.837. The van der Waals surface area contributed by atoms with Crippen molar-refractivity contribution < 1.29 is 47.5 Å². The molecule has 3 aromatic rings. The zero-order chi connectivity index (χ0) is 31.3. The van der Waals surface area contributed by atoms with Crippen molar-refractivity contribution in [2.45, 2.75) is 6.04 Å². The molecule has 226 valence electrons. The largest absolute Gasteiger partial charge is 0.497 e. The van der Waals surface area contributed by atoms with Crippen LogP contribution >= 0.6 is 0 Å². The number of nitrogens with zero attached hydrogens (tertiary/aromatic N) is 1. The Morgan fingerprint density at radius 2 is 1.33 bits per heavy atom. The number of benzene rings is 3. The van der Waals surface area contributed by atoms with E-state index in [9.17, 15) is 14.4 Å². The van der Waals surface area contributed by atoms with Crippen LogP contribution in [0.15, 0.2) is 60.2 Å². The smallest absolute Gasteiger partial charge is 0.340 e. The van der Waals surface area contributed by atoms with Gasteiger partial charge in [-0.05, 0) is 59.7 Å². The Morgan fingerprint density at radius 3 is 1.91 bits per heavy atom. The first-order chi connectivity index (χ1) is 20.8. The number of esters is 2. The maximum atomic E-state index is 14.5. The number of anilines is 1. The maximum Gasteiger partial charge on any atom is 0.340 e. The molecule has 0 aromatic heterocycles. The minimum atomic E-state index is -1.11. The van der Waals surface area contributed by atoms with Gasteiger partial charge in [0.15, 0.2) is 23.0 Å². The van der Waals surface area contributed by atoms with Crippen LogP contribution in [0.3, 0.4) is 0 Å². The van der Waals surface area contributed by atoms with Crippen LogP contribution in [0.25, 0.3) is 6.08 Å². The molecule has 1 fully saturated rings. The molecular formula is C32H33NO10. The van der Waals surface area contributed by atoms with Gasteiger partial charge in [-0.3, -0.25) is 14.5 Å². The highest BCUT2D eigenvalue weighted by Gasteiger charge is 2.51. The van der Waals surface area contributed by atoms with E-state index in [2.05, 4.69) is 0 Å². The Labute approximate surface area is 249 Å². The van der Waals surface area contributed by atoms with Gasteiger partial charge in [-0.15, -0.1) is 0 Å². The van der Waals surface area contributed by atoms with Crippen LogP contribution < -0.4 is 28.6 Å². The number of carbonyl (C=O) groups is 3. The van der Waals surface area contributed by atoms with Gasteiger partial charge in [0, 0.05) is 5.57 Å². The average molecular weight is 592 g/mol. The minimum Gasteiger partial charge on any atom is -0.497 e. The van der Waals surface area contributed by atoms with Crippen molar-refractivity contribution in [3.8, 4) is 28.7 Å². The van der Waals surface area contributed by atoms with Crippen LogP contribution in [0.1, 0.15) is 27.5 Å². The van der Waals surface area contributed by atoms with Gasteiger partial charge in [0.1, 0.15) is 11.7 Å². The number of hydrogen-bond donors (Lipinski definition) is 0. The van der Waals surface area contributed by atoms with Gasteiger partial charge in [0.2, 0.25) is 0 Å². The van der Waals surface area contributed by atoms with Crippen LogP contribution in [0.2, 0.25) is 0 Å². The molecule has 11 heteroatoms. The highest BCUT2D eigenvalue weighted by molar-refractivity contribution is 6.17. The standard InChI is InChI=1S/C32H33NO10/c1-37-20-10-11-23(21(17-20)31(35)42-6)33-29(19-9-13-25(39-3)27(16-19)41-5)28(32(36)43-7)22(30(33)34)14-18-8-12-24(38-2)26(15-18)40-4/h8-17,28-29H,1-7H3/b22-14+/t28-,29+/m1/s1. The summed E-state index contributed by atoms with van der Waals surface area (Å²) < 4.78 is 37.3. The lowest BCUT2D eigenvalue weighted by molar-refractivity contribution is -0.144. The van der Waals surface area contributed by atoms with E-state index >= 15 is 0 Å². The van der Waals surface area contributed by atoms with Gasteiger partial charge in [0.05, 0.1) is 67.1 Å². The number of methoxy groups -OCH3 is 7. The van der Waals surface area contributed by atoms with Gasteiger partial charge in [0.25, 0.3) is 5.91 Å². The molecule has 1 heterocycles. The molecule has 1 aliphatic heterocycles. The second-order valence-corrected chi connectivity index (χ2v) is 9.32. The third-order valence-corrected chi connectivity index (χ3v) is 7.20. The lowest BCUT2D eigenvalue weighted by atomic mass is 9.89.